The number of amides is 2. The molecule has 6 heteroatoms. The number of hydrogen-bond acceptors (Lipinski definition) is 4. The van der Waals surface area contributed by atoms with E-state index >= 15 is 0 Å². The van der Waals surface area contributed by atoms with E-state index in [2.05, 4.69) is 10.3 Å². The lowest BCUT2D eigenvalue weighted by atomic mass is 10.1. The summed E-state index contributed by atoms with van der Waals surface area (Å²) in [6, 6.07) is 10.5. The first kappa shape index (κ1) is 18.5. The predicted molar refractivity (Wildman–Crippen MR) is 106 cm³/mol. The molecule has 1 unspecified atom stereocenters. The molecule has 6 nitrogen and oxygen atoms in total. The summed E-state index contributed by atoms with van der Waals surface area (Å²) in [5.41, 5.74) is 0.664. The Morgan fingerprint density at radius 2 is 1.79 bits per heavy atom. The number of anilines is 1. The Hall–Kier alpha value is -2.89. The number of nitrogens with one attached hydrogen (secondary N) is 1. The van der Waals surface area contributed by atoms with Crippen LogP contribution >= 0.6 is 0 Å². The predicted octanol–water partition coefficient (Wildman–Crippen LogP) is 3.99. The van der Waals surface area contributed by atoms with E-state index in [1.165, 1.54) is 0 Å². The fourth-order valence-electron chi connectivity index (χ4n) is 4.12. The summed E-state index contributed by atoms with van der Waals surface area (Å²) in [5, 5.41) is 2.96. The lowest BCUT2D eigenvalue weighted by molar-refractivity contribution is -0.140. The van der Waals surface area contributed by atoms with Crippen LogP contribution in [0.3, 0.4) is 0 Å². The molecule has 2 amide bonds. The number of hydrogen-bond donors (Lipinski definition) is 1. The van der Waals surface area contributed by atoms with Crippen molar-refractivity contribution in [2.45, 2.75) is 44.6 Å². The zero-order valence-corrected chi connectivity index (χ0v) is 15.8. The van der Waals surface area contributed by atoms with Gasteiger partial charge in [-0.1, -0.05) is 18.9 Å². The molecule has 1 aromatic carbocycles. The van der Waals surface area contributed by atoms with Gasteiger partial charge in [-0.15, -0.1) is 0 Å². The zero-order valence-electron chi connectivity index (χ0n) is 15.8. The van der Waals surface area contributed by atoms with Crippen molar-refractivity contribution in [3.8, 4) is 11.5 Å². The van der Waals surface area contributed by atoms with Crippen molar-refractivity contribution >= 4 is 17.5 Å². The second-order valence-electron chi connectivity index (χ2n) is 7.47. The third kappa shape index (κ3) is 4.16. The quantitative estimate of drug-likeness (QED) is 0.853. The molecule has 1 atom stereocenters. The average molecular weight is 379 g/mol. The summed E-state index contributed by atoms with van der Waals surface area (Å²) in [5.74, 6) is 1.46. The molecular weight excluding hydrogens is 354 g/mol. The van der Waals surface area contributed by atoms with E-state index in [0.717, 1.165) is 38.5 Å². The molecule has 1 aliphatic heterocycles. The average Bonchev–Trinajstić information content (AvgIpc) is 3.41. The van der Waals surface area contributed by atoms with Gasteiger partial charge in [0.05, 0.1) is 0 Å². The third-order valence-corrected chi connectivity index (χ3v) is 5.53. The van der Waals surface area contributed by atoms with Crippen LogP contribution < -0.4 is 10.1 Å². The number of nitrogens with zero attached hydrogens (tertiary/aromatic N) is 2. The number of aromatic nitrogens is 1. The van der Waals surface area contributed by atoms with Gasteiger partial charge in [0.1, 0.15) is 17.5 Å². The highest BCUT2D eigenvalue weighted by molar-refractivity contribution is 5.98. The Morgan fingerprint density at radius 1 is 1.00 bits per heavy atom. The maximum Gasteiger partial charge on any atom is 0.247 e. The molecule has 2 fully saturated rings. The summed E-state index contributed by atoms with van der Waals surface area (Å²) in [6.45, 7) is 0.679. The molecule has 0 bridgehead atoms. The first-order valence-corrected chi connectivity index (χ1v) is 10.00. The molecule has 0 spiro atoms. The van der Waals surface area contributed by atoms with Gasteiger partial charge in [-0.25, -0.2) is 0 Å². The lowest BCUT2D eigenvalue weighted by Gasteiger charge is -2.26. The second kappa shape index (κ2) is 8.42. The van der Waals surface area contributed by atoms with Crippen molar-refractivity contribution in [2.75, 3.05) is 11.9 Å². The van der Waals surface area contributed by atoms with Crippen LogP contribution in [0.15, 0.2) is 48.8 Å². The van der Waals surface area contributed by atoms with Gasteiger partial charge in [0.25, 0.3) is 0 Å². The SMILES string of the molecule is O=C(Nc1cccc(Oc2ccncc2)c1)C1CCCN1C(=O)C1CCCC1. The van der Waals surface area contributed by atoms with Crippen LogP contribution in [0.5, 0.6) is 11.5 Å². The molecule has 146 valence electrons. The van der Waals surface area contributed by atoms with Crippen molar-refractivity contribution in [1.82, 2.24) is 9.88 Å². The number of rotatable bonds is 5. The topological polar surface area (TPSA) is 71.5 Å². The molecule has 4 rings (SSSR count). The molecule has 1 aliphatic carbocycles. The van der Waals surface area contributed by atoms with E-state index < -0.39 is 0 Å². The van der Waals surface area contributed by atoms with Crippen molar-refractivity contribution in [1.29, 1.82) is 0 Å². The van der Waals surface area contributed by atoms with Crippen LogP contribution in [-0.2, 0) is 9.59 Å². The summed E-state index contributed by atoms with van der Waals surface area (Å²) < 4.78 is 5.80. The highest BCUT2D eigenvalue weighted by Gasteiger charge is 2.37. The van der Waals surface area contributed by atoms with E-state index in [1.54, 1.807) is 35.5 Å². The molecule has 2 aromatic rings. The van der Waals surface area contributed by atoms with Crippen molar-refractivity contribution in [3.63, 3.8) is 0 Å². The smallest absolute Gasteiger partial charge is 0.247 e. The molecule has 0 radical (unpaired) electrons. The van der Waals surface area contributed by atoms with E-state index in [-0.39, 0.29) is 23.8 Å². The van der Waals surface area contributed by atoms with Gasteiger partial charge in [0.15, 0.2) is 0 Å². The summed E-state index contributed by atoms with van der Waals surface area (Å²) >= 11 is 0. The lowest BCUT2D eigenvalue weighted by Crippen LogP contribution is -2.45. The molecule has 1 N–H and O–H groups in total. The minimum Gasteiger partial charge on any atom is -0.457 e. The van der Waals surface area contributed by atoms with Crippen LogP contribution in [0.2, 0.25) is 0 Å². The van der Waals surface area contributed by atoms with Crippen LogP contribution in [-0.4, -0.2) is 34.3 Å². The number of carbonyl (C=O) groups excluding carboxylic acids is 2. The second-order valence-corrected chi connectivity index (χ2v) is 7.47. The van der Waals surface area contributed by atoms with Gasteiger partial charge < -0.3 is 15.0 Å². The summed E-state index contributed by atoms with van der Waals surface area (Å²) in [6.07, 6.45) is 9.07. The Bertz CT molecular complexity index is 834. The molecular formula is C22H25N3O3. The minimum absolute atomic E-state index is 0.102. The molecule has 1 aromatic heterocycles. The van der Waals surface area contributed by atoms with Gasteiger partial charge in [-0.2, -0.15) is 0 Å². The Balaban J connectivity index is 1.41. The highest BCUT2D eigenvalue weighted by atomic mass is 16.5. The monoisotopic (exact) mass is 379 g/mol. The van der Waals surface area contributed by atoms with Gasteiger partial charge in [0.2, 0.25) is 11.8 Å². The number of ether oxygens (including phenoxy) is 1. The Kier molecular flexibility index (Phi) is 5.55. The minimum atomic E-state index is -0.377. The largest absolute Gasteiger partial charge is 0.457 e. The number of benzene rings is 1. The fraction of sp³-hybridized carbons (Fsp3) is 0.409. The first-order valence-electron chi connectivity index (χ1n) is 10.00. The molecule has 2 heterocycles. The van der Waals surface area contributed by atoms with Crippen LogP contribution in [0.4, 0.5) is 5.69 Å². The molecule has 28 heavy (non-hydrogen) atoms. The van der Waals surface area contributed by atoms with E-state index in [4.69, 9.17) is 4.74 Å². The standard InChI is InChI=1S/C22H25N3O3/c26-21(20-9-4-14-25(20)22(27)16-5-1-2-6-16)24-17-7-3-8-19(15-17)28-18-10-12-23-13-11-18/h3,7-8,10-13,15-16,20H,1-2,4-6,9,14H2,(H,24,26). The molecule has 1 saturated heterocycles. The highest BCUT2D eigenvalue weighted by Crippen LogP contribution is 2.30. The van der Waals surface area contributed by atoms with E-state index in [1.807, 2.05) is 18.2 Å². The number of likely N-dealkylation sites (tertiary alicyclic amines) is 1. The Labute approximate surface area is 164 Å². The van der Waals surface area contributed by atoms with Crippen LogP contribution in [0.25, 0.3) is 0 Å². The first-order chi connectivity index (χ1) is 13.7. The summed E-state index contributed by atoms with van der Waals surface area (Å²) in [4.78, 5) is 31.4. The maximum absolute atomic E-state index is 12.9. The zero-order chi connectivity index (χ0) is 19.3. The van der Waals surface area contributed by atoms with Crippen LogP contribution in [0, 0.1) is 5.92 Å². The molecule has 2 aliphatic rings. The van der Waals surface area contributed by atoms with Gasteiger partial charge in [0, 0.05) is 36.6 Å². The van der Waals surface area contributed by atoms with Crippen molar-refractivity contribution < 1.29 is 14.3 Å². The van der Waals surface area contributed by atoms with Gasteiger partial charge >= 0.3 is 0 Å². The summed E-state index contributed by atoms with van der Waals surface area (Å²) in [7, 11) is 0. The number of carbonyl (C=O) groups is 2. The third-order valence-electron chi connectivity index (χ3n) is 5.53. The van der Waals surface area contributed by atoms with Gasteiger partial charge in [-0.3, -0.25) is 14.6 Å². The fourth-order valence-corrected chi connectivity index (χ4v) is 4.12. The number of pyridine rings is 1. The van der Waals surface area contributed by atoms with E-state index in [9.17, 15) is 9.59 Å². The van der Waals surface area contributed by atoms with Crippen molar-refractivity contribution in [3.05, 3.63) is 48.8 Å². The normalized spacial score (nSPS) is 19.6. The molecule has 1 saturated carbocycles. The van der Waals surface area contributed by atoms with Crippen molar-refractivity contribution in [2.24, 2.45) is 5.92 Å². The maximum atomic E-state index is 12.9. The van der Waals surface area contributed by atoms with Crippen LogP contribution in [0.1, 0.15) is 38.5 Å². The van der Waals surface area contributed by atoms with E-state index in [0.29, 0.717) is 23.7 Å². The van der Waals surface area contributed by atoms with Gasteiger partial charge in [-0.05, 0) is 49.9 Å². The Morgan fingerprint density at radius 3 is 2.57 bits per heavy atom.